The molecule has 1 atom stereocenters. The van der Waals surface area contributed by atoms with Gasteiger partial charge in [-0.05, 0) is 35.3 Å². The Balaban J connectivity index is 1.90. The number of carbonyl (C=O) groups excluding carboxylic acids is 1. The van der Waals surface area contributed by atoms with Gasteiger partial charge < -0.3 is 5.32 Å². The highest BCUT2D eigenvalue weighted by atomic mass is 79.9. The predicted octanol–water partition coefficient (Wildman–Crippen LogP) is 2.07. The summed E-state index contributed by atoms with van der Waals surface area (Å²) in [6, 6.07) is 0. The number of aryl methyl sites for hydroxylation is 1. The predicted molar refractivity (Wildman–Crippen MR) is 78.0 cm³/mol. The summed E-state index contributed by atoms with van der Waals surface area (Å²) in [6.07, 6.45) is -1.26. The van der Waals surface area contributed by atoms with Crippen LogP contribution < -0.4 is 5.32 Å². The van der Waals surface area contributed by atoms with Crippen molar-refractivity contribution in [1.29, 1.82) is 0 Å². The zero-order valence-electron chi connectivity index (χ0n) is 12.2. The fourth-order valence-electron chi connectivity index (χ4n) is 2.57. The third-order valence-electron chi connectivity index (χ3n) is 3.72. The molecule has 1 fully saturated rings. The first kappa shape index (κ1) is 17.3. The summed E-state index contributed by atoms with van der Waals surface area (Å²) in [5.74, 6) is -0.922. The van der Waals surface area contributed by atoms with Gasteiger partial charge in [0.2, 0.25) is 5.91 Å². The van der Waals surface area contributed by atoms with E-state index in [2.05, 4.69) is 25.9 Å². The SMILES string of the molecule is Cn1ncc(Br)c1CN1CCCC(C(=O)NCC(F)(F)F)C1. The number of nitrogens with zero attached hydrogens (tertiary/aromatic N) is 3. The van der Waals surface area contributed by atoms with Crippen molar-refractivity contribution >= 4 is 21.8 Å². The molecule has 0 radical (unpaired) electrons. The second-order valence-electron chi connectivity index (χ2n) is 5.47. The van der Waals surface area contributed by atoms with Crippen LogP contribution in [0.15, 0.2) is 10.7 Å². The molecule has 22 heavy (non-hydrogen) atoms. The zero-order valence-corrected chi connectivity index (χ0v) is 13.7. The summed E-state index contributed by atoms with van der Waals surface area (Å²) in [5, 5.41) is 6.11. The van der Waals surface area contributed by atoms with E-state index in [4.69, 9.17) is 0 Å². The lowest BCUT2D eigenvalue weighted by Crippen LogP contribution is -2.45. The van der Waals surface area contributed by atoms with Crippen molar-refractivity contribution < 1.29 is 18.0 Å². The standard InChI is InChI=1S/C13H18BrF3N4O/c1-20-11(10(14)5-19-20)7-21-4-2-3-9(6-21)12(22)18-8-13(15,16)17/h5,9H,2-4,6-8H2,1H3,(H,18,22). The molecule has 1 aliphatic rings. The number of amides is 1. The zero-order chi connectivity index (χ0) is 16.3. The first-order valence-corrected chi connectivity index (χ1v) is 7.79. The summed E-state index contributed by atoms with van der Waals surface area (Å²) >= 11 is 3.42. The second kappa shape index (κ2) is 6.99. The van der Waals surface area contributed by atoms with Gasteiger partial charge in [0, 0.05) is 20.1 Å². The van der Waals surface area contributed by atoms with Gasteiger partial charge >= 0.3 is 6.18 Å². The maximum Gasteiger partial charge on any atom is 0.405 e. The fourth-order valence-corrected chi connectivity index (χ4v) is 3.04. The normalized spacial score (nSPS) is 20.1. The second-order valence-corrected chi connectivity index (χ2v) is 6.32. The number of hydrogen-bond donors (Lipinski definition) is 1. The van der Waals surface area contributed by atoms with E-state index in [0.717, 1.165) is 23.1 Å². The van der Waals surface area contributed by atoms with Crippen molar-refractivity contribution in [3.05, 3.63) is 16.4 Å². The van der Waals surface area contributed by atoms with Crippen LogP contribution in [0.3, 0.4) is 0 Å². The molecule has 1 saturated heterocycles. The van der Waals surface area contributed by atoms with Crippen molar-refractivity contribution in [2.75, 3.05) is 19.6 Å². The van der Waals surface area contributed by atoms with E-state index in [1.165, 1.54) is 0 Å². The van der Waals surface area contributed by atoms with Gasteiger partial charge in [0.15, 0.2) is 0 Å². The number of aromatic nitrogens is 2. The average Bonchev–Trinajstić information content (AvgIpc) is 2.76. The van der Waals surface area contributed by atoms with E-state index in [0.29, 0.717) is 19.5 Å². The lowest BCUT2D eigenvalue weighted by atomic mass is 9.97. The summed E-state index contributed by atoms with van der Waals surface area (Å²) in [6.45, 7) is 0.623. The molecule has 0 aliphatic carbocycles. The Kier molecular flexibility index (Phi) is 5.49. The van der Waals surface area contributed by atoms with Crippen LogP contribution in [-0.4, -0.2) is 46.4 Å². The molecule has 0 aromatic carbocycles. The molecule has 0 saturated carbocycles. The van der Waals surface area contributed by atoms with E-state index in [1.54, 1.807) is 10.9 Å². The van der Waals surface area contributed by atoms with Crippen molar-refractivity contribution in [2.45, 2.75) is 25.6 Å². The van der Waals surface area contributed by atoms with Gasteiger partial charge in [-0.2, -0.15) is 18.3 Å². The number of piperidine rings is 1. The van der Waals surface area contributed by atoms with Crippen LogP contribution >= 0.6 is 15.9 Å². The van der Waals surface area contributed by atoms with Gasteiger partial charge in [0.05, 0.1) is 22.3 Å². The Hall–Kier alpha value is -1.09. The minimum absolute atomic E-state index is 0.400. The van der Waals surface area contributed by atoms with Crippen LogP contribution in [0.4, 0.5) is 13.2 Å². The fraction of sp³-hybridized carbons (Fsp3) is 0.692. The van der Waals surface area contributed by atoms with Gasteiger partial charge in [-0.1, -0.05) is 0 Å². The highest BCUT2D eigenvalue weighted by molar-refractivity contribution is 9.10. The maximum absolute atomic E-state index is 12.2. The van der Waals surface area contributed by atoms with Crippen LogP contribution in [0.1, 0.15) is 18.5 Å². The molecule has 1 N–H and O–H groups in total. The Labute approximate surface area is 135 Å². The van der Waals surface area contributed by atoms with Crippen LogP contribution in [0.2, 0.25) is 0 Å². The molecule has 5 nitrogen and oxygen atoms in total. The van der Waals surface area contributed by atoms with Gasteiger partial charge in [0.25, 0.3) is 0 Å². The molecule has 0 spiro atoms. The molecule has 9 heteroatoms. The van der Waals surface area contributed by atoms with E-state index in [9.17, 15) is 18.0 Å². The summed E-state index contributed by atoms with van der Waals surface area (Å²) in [7, 11) is 1.83. The topological polar surface area (TPSA) is 50.2 Å². The van der Waals surface area contributed by atoms with E-state index >= 15 is 0 Å². The molecule has 2 rings (SSSR count). The Morgan fingerprint density at radius 3 is 2.86 bits per heavy atom. The van der Waals surface area contributed by atoms with Crippen LogP contribution in [0.25, 0.3) is 0 Å². The quantitative estimate of drug-likeness (QED) is 0.866. The number of hydrogen-bond acceptors (Lipinski definition) is 3. The van der Waals surface area contributed by atoms with E-state index in [1.807, 2.05) is 12.4 Å². The molecule has 1 aromatic rings. The molecule has 1 aliphatic heterocycles. The van der Waals surface area contributed by atoms with E-state index < -0.39 is 24.5 Å². The minimum atomic E-state index is -4.37. The number of rotatable bonds is 4. The van der Waals surface area contributed by atoms with Crippen LogP contribution in [0, 0.1) is 5.92 Å². The van der Waals surface area contributed by atoms with Gasteiger partial charge in [0.1, 0.15) is 6.54 Å². The third kappa shape index (κ3) is 4.70. The first-order chi connectivity index (χ1) is 10.3. The number of halogens is 4. The Bertz CT molecular complexity index is 512. The lowest BCUT2D eigenvalue weighted by Gasteiger charge is -2.32. The van der Waals surface area contributed by atoms with Crippen LogP contribution in [0.5, 0.6) is 0 Å². The lowest BCUT2D eigenvalue weighted by molar-refractivity contribution is -0.141. The Morgan fingerprint density at radius 2 is 2.27 bits per heavy atom. The largest absolute Gasteiger partial charge is 0.405 e. The van der Waals surface area contributed by atoms with Gasteiger partial charge in [-0.15, -0.1) is 0 Å². The summed E-state index contributed by atoms with van der Waals surface area (Å²) in [4.78, 5) is 13.9. The van der Waals surface area contributed by atoms with Crippen LogP contribution in [-0.2, 0) is 18.4 Å². The van der Waals surface area contributed by atoms with Crippen molar-refractivity contribution in [3.8, 4) is 0 Å². The summed E-state index contributed by atoms with van der Waals surface area (Å²) < 4.78 is 39.1. The molecule has 2 heterocycles. The molecule has 0 bridgehead atoms. The molecule has 1 unspecified atom stereocenters. The highest BCUT2D eigenvalue weighted by Crippen LogP contribution is 2.22. The molecular weight excluding hydrogens is 365 g/mol. The number of likely N-dealkylation sites (tertiary alicyclic amines) is 1. The van der Waals surface area contributed by atoms with Crippen molar-refractivity contribution in [1.82, 2.24) is 20.0 Å². The third-order valence-corrected chi connectivity index (χ3v) is 4.39. The smallest absolute Gasteiger partial charge is 0.347 e. The van der Waals surface area contributed by atoms with Gasteiger partial charge in [-0.3, -0.25) is 14.4 Å². The number of nitrogens with one attached hydrogen (secondary N) is 1. The highest BCUT2D eigenvalue weighted by Gasteiger charge is 2.31. The number of carbonyl (C=O) groups is 1. The van der Waals surface area contributed by atoms with Crippen molar-refractivity contribution in [3.63, 3.8) is 0 Å². The number of alkyl halides is 3. The average molecular weight is 383 g/mol. The van der Waals surface area contributed by atoms with Gasteiger partial charge in [-0.25, -0.2) is 0 Å². The Morgan fingerprint density at radius 1 is 1.55 bits per heavy atom. The maximum atomic E-state index is 12.2. The summed E-state index contributed by atoms with van der Waals surface area (Å²) in [5.41, 5.74) is 0.983. The molecule has 124 valence electrons. The minimum Gasteiger partial charge on any atom is -0.347 e. The molecule has 1 amide bonds. The molecule has 1 aromatic heterocycles. The first-order valence-electron chi connectivity index (χ1n) is 6.99. The monoisotopic (exact) mass is 382 g/mol. The molecular formula is C13H18BrF3N4O. The van der Waals surface area contributed by atoms with Crippen molar-refractivity contribution in [2.24, 2.45) is 13.0 Å². The van der Waals surface area contributed by atoms with E-state index in [-0.39, 0.29) is 0 Å².